The van der Waals surface area contributed by atoms with Crippen LogP contribution in [-0.2, 0) is 0 Å². The maximum Gasteiger partial charge on any atom is 0.0901 e. The van der Waals surface area contributed by atoms with E-state index in [0.29, 0.717) is 6.04 Å². The molecule has 2 nitrogen and oxygen atoms in total. The molecular formula is C17H18N2S. The van der Waals surface area contributed by atoms with E-state index in [1.807, 2.05) is 0 Å². The summed E-state index contributed by atoms with van der Waals surface area (Å²) in [5.74, 6) is 1.65. The zero-order valence-corrected chi connectivity index (χ0v) is 12.4. The number of allylic oxidation sites excluding steroid dienone is 1. The Kier molecular flexibility index (Phi) is 2.88. The molecule has 0 amide bonds. The Bertz CT molecular complexity index is 659. The number of nitrogens with one attached hydrogen (secondary N) is 1. The molecule has 0 radical (unpaired) electrons. The van der Waals surface area contributed by atoms with E-state index in [1.165, 1.54) is 24.1 Å². The van der Waals surface area contributed by atoms with Gasteiger partial charge in [-0.1, -0.05) is 24.3 Å². The van der Waals surface area contributed by atoms with Crippen molar-refractivity contribution < 1.29 is 0 Å². The van der Waals surface area contributed by atoms with Crippen LogP contribution in [0.25, 0.3) is 11.3 Å². The first kappa shape index (κ1) is 12.2. The molecule has 0 saturated heterocycles. The molecule has 1 aromatic carbocycles. The van der Waals surface area contributed by atoms with Crippen molar-refractivity contribution in [2.75, 3.05) is 5.32 Å². The van der Waals surface area contributed by atoms with Crippen molar-refractivity contribution in [3.05, 3.63) is 46.8 Å². The highest BCUT2D eigenvalue weighted by Gasteiger charge is 2.40. The number of hydrogen-bond acceptors (Lipinski definition) is 3. The van der Waals surface area contributed by atoms with Gasteiger partial charge in [0.1, 0.15) is 0 Å². The number of aryl methyl sites for hydroxylation is 1. The highest BCUT2D eigenvalue weighted by Crippen LogP contribution is 2.44. The van der Waals surface area contributed by atoms with Gasteiger partial charge in [0.25, 0.3) is 0 Å². The van der Waals surface area contributed by atoms with Crippen LogP contribution in [0.15, 0.2) is 41.8 Å². The summed E-state index contributed by atoms with van der Waals surface area (Å²) in [5, 5.41) is 6.95. The minimum absolute atomic E-state index is 0.617. The topological polar surface area (TPSA) is 24.9 Å². The Labute approximate surface area is 123 Å². The number of hydrogen-bond donors (Lipinski definition) is 1. The van der Waals surface area contributed by atoms with Crippen molar-refractivity contribution in [3.63, 3.8) is 0 Å². The average Bonchev–Trinajstić information content (AvgIpc) is 3.03. The van der Waals surface area contributed by atoms with Crippen LogP contribution in [0.4, 0.5) is 5.69 Å². The molecule has 1 saturated carbocycles. The minimum atomic E-state index is 0.617. The second-order valence-corrected chi connectivity index (χ2v) is 6.88. The molecule has 2 aliphatic carbocycles. The van der Waals surface area contributed by atoms with Gasteiger partial charge in [-0.15, -0.1) is 11.3 Å². The monoisotopic (exact) mass is 282 g/mol. The van der Waals surface area contributed by atoms with Gasteiger partial charge in [-0.25, -0.2) is 4.98 Å². The highest BCUT2D eigenvalue weighted by molar-refractivity contribution is 7.09. The number of nitrogens with zero attached hydrogens (tertiary/aromatic N) is 1. The van der Waals surface area contributed by atoms with E-state index in [4.69, 9.17) is 0 Å². The quantitative estimate of drug-likeness (QED) is 0.839. The van der Waals surface area contributed by atoms with Crippen LogP contribution >= 0.6 is 11.3 Å². The third kappa shape index (κ3) is 2.06. The predicted molar refractivity (Wildman–Crippen MR) is 85.1 cm³/mol. The molecule has 1 fully saturated rings. The molecule has 3 heteroatoms. The number of anilines is 1. The van der Waals surface area contributed by atoms with Crippen molar-refractivity contribution in [1.29, 1.82) is 0 Å². The summed E-state index contributed by atoms with van der Waals surface area (Å²) in [7, 11) is 0. The zero-order chi connectivity index (χ0) is 13.5. The third-order valence-corrected chi connectivity index (χ3v) is 5.27. The van der Waals surface area contributed by atoms with E-state index in [-0.39, 0.29) is 0 Å². The number of aromatic nitrogens is 1. The zero-order valence-electron chi connectivity index (χ0n) is 11.5. The molecule has 1 N–H and O–H groups in total. The first-order chi connectivity index (χ1) is 9.79. The molecular weight excluding hydrogens is 264 g/mol. The average molecular weight is 282 g/mol. The molecule has 4 rings (SSSR count). The normalized spacial score (nSPS) is 27.1. The van der Waals surface area contributed by atoms with E-state index in [9.17, 15) is 0 Å². The lowest BCUT2D eigenvalue weighted by Gasteiger charge is -2.41. The highest BCUT2D eigenvalue weighted by atomic mass is 32.1. The lowest BCUT2D eigenvalue weighted by molar-refractivity contribution is 0.218. The van der Waals surface area contributed by atoms with E-state index < -0.39 is 0 Å². The lowest BCUT2D eigenvalue weighted by atomic mass is 9.71. The largest absolute Gasteiger partial charge is 0.382 e. The summed E-state index contributed by atoms with van der Waals surface area (Å²) in [6, 6.07) is 9.26. The summed E-state index contributed by atoms with van der Waals surface area (Å²) in [6.07, 6.45) is 7.31. The van der Waals surface area contributed by atoms with Crippen LogP contribution in [0.5, 0.6) is 0 Å². The standard InChI is InChI=1S/C17H18N2S/c1-11-18-17(10-20-11)13-5-2-6-14(8-13)19-16-9-12-4-3-7-15(12)16/h2-3,5-8,10,12,15-16,19H,4,9H2,1H3. The Morgan fingerprint density at radius 2 is 2.30 bits per heavy atom. The molecule has 102 valence electrons. The maximum atomic E-state index is 4.57. The summed E-state index contributed by atoms with van der Waals surface area (Å²) in [4.78, 5) is 4.57. The van der Waals surface area contributed by atoms with Gasteiger partial charge in [0.2, 0.25) is 0 Å². The molecule has 0 spiro atoms. The number of fused-ring (bicyclic) bond motifs is 1. The summed E-state index contributed by atoms with van der Waals surface area (Å²) in [6.45, 7) is 2.05. The van der Waals surface area contributed by atoms with Crippen molar-refractivity contribution in [1.82, 2.24) is 4.98 Å². The Hall–Kier alpha value is -1.61. The van der Waals surface area contributed by atoms with Crippen LogP contribution in [0.2, 0.25) is 0 Å². The Morgan fingerprint density at radius 1 is 1.35 bits per heavy atom. The van der Waals surface area contributed by atoms with Gasteiger partial charge in [0, 0.05) is 28.6 Å². The van der Waals surface area contributed by atoms with E-state index in [2.05, 4.69) is 59.0 Å². The van der Waals surface area contributed by atoms with Crippen molar-refractivity contribution in [2.24, 2.45) is 11.8 Å². The van der Waals surface area contributed by atoms with Gasteiger partial charge in [0.05, 0.1) is 10.7 Å². The Balaban J connectivity index is 1.53. The van der Waals surface area contributed by atoms with Crippen LogP contribution in [0.1, 0.15) is 17.8 Å². The minimum Gasteiger partial charge on any atom is -0.382 e. The van der Waals surface area contributed by atoms with E-state index >= 15 is 0 Å². The van der Waals surface area contributed by atoms with Crippen LogP contribution in [0, 0.1) is 18.8 Å². The van der Waals surface area contributed by atoms with E-state index in [1.54, 1.807) is 11.3 Å². The first-order valence-corrected chi connectivity index (χ1v) is 8.13. The van der Waals surface area contributed by atoms with Crippen molar-refractivity contribution in [2.45, 2.75) is 25.8 Å². The van der Waals surface area contributed by atoms with Crippen LogP contribution in [-0.4, -0.2) is 11.0 Å². The molecule has 2 aliphatic rings. The van der Waals surface area contributed by atoms with Gasteiger partial charge >= 0.3 is 0 Å². The predicted octanol–water partition coefficient (Wildman–Crippen LogP) is 4.50. The third-order valence-electron chi connectivity index (χ3n) is 4.49. The SMILES string of the molecule is Cc1nc(-c2cccc(NC3CC4CC=CC43)c2)cs1. The maximum absolute atomic E-state index is 4.57. The lowest BCUT2D eigenvalue weighted by Crippen LogP contribution is -2.43. The molecule has 0 bridgehead atoms. The van der Waals surface area contributed by atoms with Crippen molar-refractivity contribution >= 4 is 17.0 Å². The van der Waals surface area contributed by atoms with Gasteiger partial charge in [-0.3, -0.25) is 0 Å². The second-order valence-electron chi connectivity index (χ2n) is 5.82. The van der Waals surface area contributed by atoms with Gasteiger partial charge in [-0.2, -0.15) is 0 Å². The van der Waals surface area contributed by atoms with E-state index in [0.717, 1.165) is 22.5 Å². The number of rotatable bonds is 3. The summed E-state index contributed by atoms with van der Waals surface area (Å²) in [5.41, 5.74) is 3.51. The molecule has 2 aromatic rings. The Morgan fingerprint density at radius 3 is 3.10 bits per heavy atom. The molecule has 1 aromatic heterocycles. The van der Waals surface area contributed by atoms with Gasteiger partial charge < -0.3 is 5.32 Å². The fourth-order valence-corrected chi connectivity index (χ4v) is 3.98. The molecule has 3 atom stereocenters. The smallest absolute Gasteiger partial charge is 0.0901 e. The molecule has 3 unspecified atom stereocenters. The molecule has 20 heavy (non-hydrogen) atoms. The van der Waals surface area contributed by atoms with Crippen LogP contribution < -0.4 is 5.32 Å². The van der Waals surface area contributed by atoms with Crippen LogP contribution in [0.3, 0.4) is 0 Å². The number of thiazole rings is 1. The molecule has 0 aliphatic heterocycles. The summed E-state index contributed by atoms with van der Waals surface area (Å²) < 4.78 is 0. The van der Waals surface area contributed by atoms with Gasteiger partial charge in [-0.05, 0) is 37.8 Å². The molecule has 1 heterocycles. The second kappa shape index (κ2) is 4.74. The fraction of sp³-hybridized carbons (Fsp3) is 0.353. The fourth-order valence-electron chi connectivity index (χ4n) is 3.36. The number of benzene rings is 1. The summed E-state index contributed by atoms with van der Waals surface area (Å²) >= 11 is 1.71. The van der Waals surface area contributed by atoms with Crippen molar-refractivity contribution in [3.8, 4) is 11.3 Å². The van der Waals surface area contributed by atoms with Gasteiger partial charge in [0.15, 0.2) is 0 Å². The first-order valence-electron chi connectivity index (χ1n) is 7.25.